The summed E-state index contributed by atoms with van der Waals surface area (Å²) in [5.74, 6) is 5.67. The van der Waals surface area contributed by atoms with Crippen molar-refractivity contribution in [2.45, 2.75) is 58.4 Å². The summed E-state index contributed by atoms with van der Waals surface area (Å²) in [7, 11) is 0. The Labute approximate surface area is 93.7 Å². The first-order chi connectivity index (χ1) is 7.29. The van der Waals surface area contributed by atoms with E-state index >= 15 is 0 Å². The molecule has 0 aromatic rings. The van der Waals surface area contributed by atoms with E-state index in [1.807, 2.05) is 0 Å². The molecule has 1 aliphatic rings. The Balaban J connectivity index is 2.46. The molecule has 0 amide bonds. The lowest BCUT2D eigenvalue weighted by Gasteiger charge is -2.36. The van der Waals surface area contributed by atoms with Crippen molar-refractivity contribution < 1.29 is 4.74 Å². The maximum Gasteiger partial charge on any atom is 0.0638 e. The molecule has 1 fully saturated rings. The Morgan fingerprint density at radius 1 is 1.33 bits per heavy atom. The number of nitrogens with two attached hydrogens (primary N) is 1. The first-order valence-corrected chi connectivity index (χ1v) is 6.33. The molecule has 1 atom stereocenters. The Bertz CT molecular complexity index is 167. The van der Waals surface area contributed by atoms with Crippen LogP contribution in [0.1, 0.15) is 52.4 Å². The Hall–Kier alpha value is -0.120. The van der Waals surface area contributed by atoms with Crippen LogP contribution in [0.5, 0.6) is 0 Å². The standard InChI is InChI=1S/C12H26N2O/c1-3-9-15-10-11(14-13)12(4-2)7-5-6-8-12/h11,14H,3-10,13H2,1-2H3. The van der Waals surface area contributed by atoms with Crippen LogP contribution in [0.15, 0.2) is 0 Å². The van der Waals surface area contributed by atoms with Gasteiger partial charge < -0.3 is 4.74 Å². The topological polar surface area (TPSA) is 47.3 Å². The van der Waals surface area contributed by atoms with Crippen LogP contribution in [0.2, 0.25) is 0 Å². The second-order valence-corrected chi connectivity index (χ2v) is 4.72. The smallest absolute Gasteiger partial charge is 0.0638 e. The van der Waals surface area contributed by atoms with Crippen LogP contribution in [0.4, 0.5) is 0 Å². The predicted octanol–water partition coefficient (Wildman–Crippen LogP) is 2.22. The summed E-state index contributed by atoms with van der Waals surface area (Å²) in [6, 6.07) is 0.330. The highest BCUT2D eigenvalue weighted by atomic mass is 16.5. The van der Waals surface area contributed by atoms with Crippen LogP contribution in [0.3, 0.4) is 0 Å². The van der Waals surface area contributed by atoms with E-state index in [4.69, 9.17) is 10.6 Å². The molecule has 0 bridgehead atoms. The van der Waals surface area contributed by atoms with Gasteiger partial charge in [0.1, 0.15) is 0 Å². The third-order valence-corrected chi connectivity index (χ3v) is 3.88. The van der Waals surface area contributed by atoms with Crippen molar-refractivity contribution in [3.63, 3.8) is 0 Å². The average molecular weight is 214 g/mol. The number of hydrogen-bond donors (Lipinski definition) is 2. The maximum atomic E-state index is 5.67. The van der Waals surface area contributed by atoms with Crippen LogP contribution in [-0.2, 0) is 4.74 Å². The van der Waals surface area contributed by atoms with Crippen LogP contribution in [-0.4, -0.2) is 19.3 Å². The van der Waals surface area contributed by atoms with Gasteiger partial charge in [-0.1, -0.05) is 26.7 Å². The van der Waals surface area contributed by atoms with Gasteiger partial charge in [-0.15, -0.1) is 0 Å². The fraction of sp³-hybridized carbons (Fsp3) is 1.00. The highest BCUT2D eigenvalue weighted by molar-refractivity contribution is 4.92. The van der Waals surface area contributed by atoms with E-state index in [0.29, 0.717) is 11.5 Å². The van der Waals surface area contributed by atoms with E-state index in [1.165, 1.54) is 32.1 Å². The number of rotatable bonds is 7. The quantitative estimate of drug-likeness (QED) is 0.388. The molecule has 0 aliphatic heterocycles. The van der Waals surface area contributed by atoms with Crippen molar-refractivity contribution in [2.24, 2.45) is 11.3 Å². The summed E-state index contributed by atoms with van der Waals surface area (Å²) in [6.07, 6.45) is 7.58. The molecule has 90 valence electrons. The summed E-state index contributed by atoms with van der Waals surface area (Å²) < 4.78 is 5.63. The van der Waals surface area contributed by atoms with Crippen LogP contribution >= 0.6 is 0 Å². The van der Waals surface area contributed by atoms with Crippen molar-refractivity contribution >= 4 is 0 Å². The maximum absolute atomic E-state index is 5.67. The van der Waals surface area contributed by atoms with Gasteiger partial charge in [0, 0.05) is 6.61 Å². The first-order valence-electron chi connectivity index (χ1n) is 6.33. The molecule has 15 heavy (non-hydrogen) atoms. The molecule has 0 radical (unpaired) electrons. The van der Waals surface area contributed by atoms with Gasteiger partial charge in [0.05, 0.1) is 12.6 Å². The molecule has 0 spiro atoms. The summed E-state index contributed by atoms with van der Waals surface area (Å²) in [6.45, 7) is 6.02. The molecule has 1 saturated carbocycles. The van der Waals surface area contributed by atoms with Crippen LogP contribution in [0, 0.1) is 5.41 Å². The number of hydrogen-bond acceptors (Lipinski definition) is 3. The summed E-state index contributed by atoms with van der Waals surface area (Å²) in [5.41, 5.74) is 3.36. The summed E-state index contributed by atoms with van der Waals surface area (Å²) in [4.78, 5) is 0. The van der Waals surface area contributed by atoms with E-state index in [-0.39, 0.29) is 0 Å². The molecule has 1 unspecified atom stereocenters. The van der Waals surface area contributed by atoms with Crippen LogP contribution < -0.4 is 11.3 Å². The lowest BCUT2D eigenvalue weighted by atomic mass is 9.77. The number of hydrazine groups is 1. The monoisotopic (exact) mass is 214 g/mol. The van der Waals surface area contributed by atoms with E-state index < -0.39 is 0 Å². The van der Waals surface area contributed by atoms with Gasteiger partial charge >= 0.3 is 0 Å². The Kier molecular flexibility index (Phi) is 5.58. The minimum atomic E-state index is 0.330. The zero-order valence-corrected chi connectivity index (χ0v) is 10.2. The van der Waals surface area contributed by atoms with Crippen molar-refractivity contribution in [1.29, 1.82) is 0 Å². The zero-order valence-electron chi connectivity index (χ0n) is 10.2. The Morgan fingerprint density at radius 2 is 2.00 bits per heavy atom. The first kappa shape index (κ1) is 12.9. The summed E-state index contributed by atoms with van der Waals surface area (Å²) >= 11 is 0. The molecule has 3 heteroatoms. The fourth-order valence-corrected chi connectivity index (χ4v) is 2.77. The van der Waals surface area contributed by atoms with E-state index in [1.54, 1.807) is 0 Å². The van der Waals surface area contributed by atoms with Crippen molar-refractivity contribution in [3.05, 3.63) is 0 Å². The fourth-order valence-electron chi connectivity index (χ4n) is 2.77. The lowest BCUT2D eigenvalue weighted by molar-refractivity contribution is 0.0558. The van der Waals surface area contributed by atoms with Gasteiger partial charge in [0.2, 0.25) is 0 Å². The van der Waals surface area contributed by atoms with E-state index in [2.05, 4.69) is 19.3 Å². The molecule has 1 rings (SSSR count). The number of ether oxygens (including phenoxy) is 1. The highest BCUT2D eigenvalue weighted by Gasteiger charge is 2.39. The summed E-state index contributed by atoms with van der Waals surface area (Å²) in [5, 5.41) is 0. The minimum absolute atomic E-state index is 0.330. The molecule has 0 aromatic carbocycles. The molecule has 0 aromatic heterocycles. The molecular formula is C12H26N2O. The van der Waals surface area contributed by atoms with Gasteiger partial charge in [0.15, 0.2) is 0 Å². The average Bonchev–Trinajstić information content (AvgIpc) is 2.74. The molecule has 3 nitrogen and oxygen atoms in total. The predicted molar refractivity (Wildman–Crippen MR) is 63.4 cm³/mol. The molecule has 0 heterocycles. The molecular weight excluding hydrogens is 188 g/mol. The van der Waals surface area contributed by atoms with Crippen molar-refractivity contribution in [2.75, 3.05) is 13.2 Å². The van der Waals surface area contributed by atoms with Gasteiger partial charge in [-0.2, -0.15) is 0 Å². The van der Waals surface area contributed by atoms with E-state index in [0.717, 1.165) is 19.6 Å². The van der Waals surface area contributed by atoms with Crippen LogP contribution in [0.25, 0.3) is 0 Å². The minimum Gasteiger partial charge on any atom is -0.380 e. The third-order valence-electron chi connectivity index (χ3n) is 3.88. The van der Waals surface area contributed by atoms with Crippen molar-refractivity contribution in [1.82, 2.24) is 5.43 Å². The lowest BCUT2D eigenvalue weighted by Crippen LogP contribution is -2.50. The second kappa shape index (κ2) is 6.46. The molecule has 0 saturated heterocycles. The molecule has 3 N–H and O–H groups in total. The van der Waals surface area contributed by atoms with Gasteiger partial charge in [-0.3, -0.25) is 11.3 Å². The normalized spacial score (nSPS) is 21.8. The highest BCUT2D eigenvalue weighted by Crippen LogP contribution is 2.43. The van der Waals surface area contributed by atoms with Gasteiger partial charge in [-0.05, 0) is 31.1 Å². The number of nitrogens with one attached hydrogen (secondary N) is 1. The third kappa shape index (κ3) is 3.16. The molecule has 1 aliphatic carbocycles. The van der Waals surface area contributed by atoms with E-state index in [9.17, 15) is 0 Å². The van der Waals surface area contributed by atoms with Crippen molar-refractivity contribution in [3.8, 4) is 0 Å². The largest absolute Gasteiger partial charge is 0.380 e. The zero-order chi connectivity index (χ0) is 11.1. The SMILES string of the molecule is CCCOCC(NN)C1(CC)CCCC1. The second-order valence-electron chi connectivity index (χ2n) is 4.72. The van der Waals surface area contributed by atoms with Gasteiger partial charge in [-0.25, -0.2) is 0 Å². The van der Waals surface area contributed by atoms with Gasteiger partial charge in [0.25, 0.3) is 0 Å². The Morgan fingerprint density at radius 3 is 2.47 bits per heavy atom.